The van der Waals surface area contributed by atoms with E-state index in [1.165, 1.54) is 12.1 Å². The first-order valence-corrected chi connectivity index (χ1v) is 8.49. The fourth-order valence-electron chi connectivity index (χ4n) is 2.96. The molecule has 2 heterocycles. The number of hydrogen-bond donors (Lipinski definition) is 1. The number of anilines is 1. The van der Waals surface area contributed by atoms with Gasteiger partial charge in [0.25, 0.3) is 0 Å². The minimum absolute atomic E-state index is 0.0542. The molecule has 0 bridgehead atoms. The van der Waals surface area contributed by atoms with Crippen LogP contribution in [0.3, 0.4) is 0 Å². The van der Waals surface area contributed by atoms with E-state index in [4.69, 9.17) is 0 Å². The zero-order valence-electron chi connectivity index (χ0n) is 14.3. The summed E-state index contributed by atoms with van der Waals surface area (Å²) >= 11 is 0. The molecule has 0 radical (unpaired) electrons. The molecule has 3 rings (SSSR count). The Bertz CT molecular complexity index is 787. The van der Waals surface area contributed by atoms with Crippen molar-refractivity contribution in [1.29, 1.82) is 0 Å². The lowest BCUT2D eigenvalue weighted by Gasteiger charge is -2.32. The lowest BCUT2D eigenvalue weighted by atomic mass is 10.0. The fraction of sp³-hybridized carbons (Fsp3) is 0.389. The van der Waals surface area contributed by atoms with Gasteiger partial charge in [-0.2, -0.15) is 13.2 Å². The first-order chi connectivity index (χ1) is 12.8. The molecule has 2 aromatic rings. The third-order valence-electron chi connectivity index (χ3n) is 4.43. The van der Waals surface area contributed by atoms with E-state index in [9.17, 15) is 22.4 Å². The van der Waals surface area contributed by atoms with Gasteiger partial charge < -0.3 is 10.2 Å². The maximum Gasteiger partial charge on any atom is 0.433 e. The fourth-order valence-corrected chi connectivity index (χ4v) is 2.96. The molecular formula is C18H18F4N4O. The zero-order chi connectivity index (χ0) is 19.4. The number of piperidine rings is 1. The highest BCUT2D eigenvalue weighted by Gasteiger charge is 2.33. The minimum atomic E-state index is -4.52. The molecule has 1 aromatic heterocycles. The number of rotatable bonds is 4. The lowest BCUT2D eigenvalue weighted by molar-refractivity contribution is -0.141. The van der Waals surface area contributed by atoms with E-state index in [-0.39, 0.29) is 30.0 Å². The summed E-state index contributed by atoms with van der Waals surface area (Å²) in [6, 6.07) is 6.59. The zero-order valence-corrected chi connectivity index (χ0v) is 14.3. The quantitative estimate of drug-likeness (QED) is 0.825. The van der Waals surface area contributed by atoms with Crippen molar-refractivity contribution in [2.45, 2.75) is 31.5 Å². The van der Waals surface area contributed by atoms with E-state index in [0.717, 1.165) is 18.0 Å². The monoisotopic (exact) mass is 382 g/mol. The number of halogens is 4. The Morgan fingerprint density at radius 2 is 1.81 bits per heavy atom. The number of amides is 1. The van der Waals surface area contributed by atoms with Gasteiger partial charge in [0.2, 0.25) is 5.91 Å². The SMILES string of the molecule is O=C(Cc1ccc(F)cc1)N1CCC(Nc2cc(C(F)(F)F)ncn2)CC1. The Balaban J connectivity index is 1.51. The summed E-state index contributed by atoms with van der Waals surface area (Å²) in [5.41, 5.74) is -0.255. The van der Waals surface area contributed by atoms with Crippen LogP contribution in [0.15, 0.2) is 36.7 Å². The van der Waals surface area contributed by atoms with Gasteiger partial charge in [0.15, 0.2) is 0 Å². The minimum Gasteiger partial charge on any atom is -0.367 e. The van der Waals surface area contributed by atoms with E-state index in [0.29, 0.717) is 25.9 Å². The van der Waals surface area contributed by atoms with Crippen LogP contribution in [0, 0.1) is 5.82 Å². The van der Waals surface area contributed by atoms with Crippen molar-refractivity contribution < 1.29 is 22.4 Å². The number of carbonyl (C=O) groups excluding carboxylic acids is 1. The second-order valence-electron chi connectivity index (χ2n) is 6.39. The molecule has 0 aliphatic carbocycles. The Labute approximate surface area is 153 Å². The van der Waals surface area contributed by atoms with Crippen LogP contribution in [0.5, 0.6) is 0 Å². The van der Waals surface area contributed by atoms with Crippen LogP contribution in [0.4, 0.5) is 23.4 Å². The van der Waals surface area contributed by atoms with E-state index >= 15 is 0 Å². The van der Waals surface area contributed by atoms with Crippen LogP contribution in [-0.4, -0.2) is 39.9 Å². The predicted molar refractivity (Wildman–Crippen MR) is 90.4 cm³/mol. The summed E-state index contributed by atoms with van der Waals surface area (Å²) in [5.74, 6) is -0.286. The molecule has 27 heavy (non-hydrogen) atoms. The topological polar surface area (TPSA) is 58.1 Å². The number of carbonyl (C=O) groups is 1. The summed E-state index contributed by atoms with van der Waals surface area (Å²) in [6.07, 6.45) is -2.25. The number of hydrogen-bond acceptors (Lipinski definition) is 4. The Morgan fingerprint density at radius 1 is 1.15 bits per heavy atom. The summed E-state index contributed by atoms with van der Waals surface area (Å²) in [4.78, 5) is 21.1. The normalized spacial score (nSPS) is 15.6. The molecule has 1 amide bonds. The molecule has 1 saturated heterocycles. The van der Waals surface area contributed by atoms with E-state index in [1.54, 1.807) is 17.0 Å². The number of likely N-dealkylation sites (tertiary alicyclic amines) is 1. The maximum atomic E-state index is 12.9. The van der Waals surface area contributed by atoms with Gasteiger partial charge in [-0.15, -0.1) is 0 Å². The molecule has 1 fully saturated rings. The van der Waals surface area contributed by atoms with Crippen molar-refractivity contribution in [3.63, 3.8) is 0 Å². The standard InChI is InChI=1S/C18H18F4N4O/c19-13-3-1-12(2-4-13)9-17(27)26-7-5-14(6-8-26)25-16-10-15(18(20,21)22)23-11-24-16/h1-4,10-11,14H,5-9H2,(H,23,24,25). The van der Waals surface area contributed by atoms with Crippen molar-refractivity contribution >= 4 is 11.7 Å². The maximum absolute atomic E-state index is 12.9. The van der Waals surface area contributed by atoms with Crippen molar-refractivity contribution in [2.75, 3.05) is 18.4 Å². The van der Waals surface area contributed by atoms with Gasteiger partial charge in [0.05, 0.1) is 6.42 Å². The first kappa shape index (κ1) is 19.1. The molecule has 5 nitrogen and oxygen atoms in total. The second-order valence-corrected chi connectivity index (χ2v) is 6.39. The van der Waals surface area contributed by atoms with Crippen LogP contribution >= 0.6 is 0 Å². The number of aromatic nitrogens is 2. The van der Waals surface area contributed by atoms with Gasteiger partial charge >= 0.3 is 6.18 Å². The van der Waals surface area contributed by atoms with Gasteiger partial charge in [-0.05, 0) is 30.5 Å². The second kappa shape index (κ2) is 7.89. The summed E-state index contributed by atoms with van der Waals surface area (Å²) in [5, 5.41) is 2.98. The number of alkyl halides is 3. The van der Waals surface area contributed by atoms with Crippen molar-refractivity contribution in [1.82, 2.24) is 14.9 Å². The van der Waals surface area contributed by atoms with Crippen molar-refractivity contribution in [2.24, 2.45) is 0 Å². The molecule has 0 unspecified atom stereocenters. The van der Waals surface area contributed by atoms with Gasteiger partial charge in [-0.25, -0.2) is 14.4 Å². The van der Waals surface area contributed by atoms with Gasteiger partial charge in [-0.1, -0.05) is 12.1 Å². The highest BCUT2D eigenvalue weighted by Crippen LogP contribution is 2.28. The molecular weight excluding hydrogens is 364 g/mol. The summed E-state index contributed by atoms with van der Waals surface area (Å²) in [7, 11) is 0. The molecule has 0 saturated carbocycles. The molecule has 0 atom stereocenters. The summed E-state index contributed by atoms with van der Waals surface area (Å²) < 4.78 is 51.0. The average Bonchev–Trinajstić information content (AvgIpc) is 2.64. The lowest BCUT2D eigenvalue weighted by Crippen LogP contribution is -2.43. The number of nitrogens with one attached hydrogen (secondary N) is 1. The van der Waals surface area contributed by atoms with Crippen LogP contribution in [0.1, 0.15) is 24.1 Å². The molecule has 1 aliphatic heterocycles. The van der Waals surface area contributed by atoms with Crippen LogP contribution < -0.4 is 5.32 Å². The van der Waals surface area contributed by atoms with Crippen molar-refractivity contribution in [3.8, 4) is 0 Å². The van der Waals surface area contributed by atoms with E-state index in [1.807, 2.05) is 0 Å². The molecule has 9 heteroatoms. The molecule has 0 spiro atoms. The van der Waals surface area contributed by atoms with Gasteiger partial charge in [0, 0.05) is 25.2 Å². The third-order valence-corrected chi connectivity index (χ3v) is 4.43. The summed E-state index contributed by atoms with van der Waals surface area (Å²) in [6.45, 7) is 0.990. The highest BCUT2D eigenvalue weighted by atomic mass is 19.4. The van der Waals surface area contributed by atoms with Crippen LogP contribution in [0.25, 0.3) is 0 Å². The third kappa shape index (κ3) is 5.15. The Kier molecular flexibility index (Phi) is 5.57. The Hall–Kier alpha value is -2.71. The number of nitrogens with zero attached hydrogens (tertiary/aromatic N) is 3. The van der Waals surface area contributed by atoms with Gasteiger partial charge in [0.1, 0.15) is 23.7 Å². The Morgan fingerprint density at radius 3 is 2.44 bits per heavy atom. The molecule has 1 aliphatic rings. The number of benzene rings is 1. The highest BCUT2D eigenvalue weighted by molar-refractivity contribution is 5.78. The van der Waals surface area contributed by atoms with Crippen molar-refractivity contribution in [3.05, 3.63) is 53.7 Å². The first-order valence-electron chi connectivity index (χ1n) is 8.49. The largest absolute Gasteiger partial charge is 0.433 e. The predicted octanol–water partition coefficient (Wildman–Crippen LogP) is 3.28. The molecule has 144 valence electrons. The van der Waals surface area contributed by atoms with E-state index < -0.39 is 11.9 Å². The smallest absolute Gasteiger partial charge is 0.367 e. The van der Waals surface area contributed by atoms with Crippen LogP contribution in [-0.2, 0) is 17.4 Å². The van der Waals surface area contributed by atoms with Crippen LogP contribution in [0.2, 0.25) is 0 Å². The molecule has 1 aromatic carbocycles. The average molecular weight is 382 g/mol. The molecule has 1 N–H and O–H groups in total. The van der Waals surface area contributed by atoms with E-state index in [2.05, 4.69) is 15.3 Å². The van der Waals surface area contributed by atoms with Gasteiger partial charge in [-0.3, -0.25) is 4.79 Å².